The number of sulfonamides is 1. The molecule has 0 spiro atoms. The molecule has 156 valence electrons. The number of carbonyl (C=O) groups is 1. The Morgan fingerprint density at radius 1 is 1.07 bits per heavy atom. The zero-order chi connectivity index (χ0) is 21.2. The van der Waals surface area contributed by atoms with E-state index in [2.05, 4.69) is 0 Å². The van der Waals surface area contributed by atoms with Crippen molar-refractivity contribution in [2.24, 2.45) is 0 Å². The largest absolute Gasteiger partial charge is 0.454 e. The van der Waals surface area contributed by atoms with Crippen LogP contribution in [0.2, 0.25) is 15.1 Å². The van der Waals surface area contributed by atoms with E-state index in [-0.39, 0.29) is 46.8 Å². The third-order valence-electron chi connectivity index (χ3n) is 4.46. The lowest BCUT2D eigenvalue weighted by atomic mass is 10.1. The van der Waals surface area contributed by atoms with Crippen molar-refractivity contribution in [1.29, 1.82) is 0 Å². The second-order valence-corrected chi connectivity index (χ2v) is 9.48. The van der Waals surface area contributed by atoms with Crippen molar-refractivity contribution < 1.29 is 22.7 Å². The number of ether oxygens (including phenoxy) is 2. The van der Waals surface area contributed by atoms with Crippen LogP contribution in [0.15, 0.2) is 41.3 Å². The van der Waals surface area contributed by atoms with Crippen LogP contribution in [0.3, 0.4) is 0 Å². The number of nitrogens with zero attached hydrogens (tertiary/aromatic N) is 1. The van der Waals surface area contributed by atoms with Crippen molar-refractivity contribution in [3.63, 3.8) is 0 Å². The topological polar surface area (TPSA) is 72.9 Å². The molecule has 6 nitrogen and oxygen atoms in total. The molecule has 1 heterocycles. The minimum Gasteiger partial charge on any atom is -0.454 e. The molecule has 10 heteroatoms. The number of rotatable bonds is 5. The summed E-state index contributed by atoms with van der Waals surface area (Å²) in [4.78, 5) is 12.5. The Balaban J connectivity index is 1.91. The van der Waals surface area contributed by atoms with Gasteiger partial charge in [0.05, 0.1) is 28.8 Å². The van der Waals surface area contributed by atoms with Crippen LogP contribution in [0, 0.1) is 0 Å². The quantitative estimate of drug-likeness (QED) is 0.588. The van der Waals surface area contributed by atoms with Crippen molar-refractivity contribution in [2.45, 2.75) is 17.9 Å². The van der Waals surface area contributed by atoms with Crippen molar-refractivity contribution >= 4 is 50.8 Å². The Bertz CT molecular complexity index is 1020. The maximum atomic E-state index is 13.0. The van der Waals surface area contributed by atoms with Gasteiger partial charge in [0.1, 0.15) is 11.0 Å². The van der Waals surface area contributed by atoms with Gasteiger partial charge in [-0.2, -0.15) is 4.31 Å². The number of morpholine rings is 1. The summed E-state index contributed by atoms with van der Waals surface area (Å²) in [5.74, 6) is -0.780. The molecule has 1 atom stereocenters. The molecule has 1 fully saturated rings. The second-order valence-electron chi connectivity index (χ2n) is 6.35. The molecular formula is C19H18Cl3NO5S. The van der Waals surface area contributed by atoms with Crippen LogP contribution in [-0.4, -0.2) is 45.0 Å². The van der Waals surface area contributed by atoms with Crippen LogP contribution in [0.5, 0.6) is 0 Å². The maximum Gasteiger partial charge on any atom is 0.340 e. The maximum absolute atomic E-state index is 13.0. The molecule has 0 bridgehead atoms. The fraction of sp³-hybridized carbons (Fsp3) is 0.316. The number of esters is 1. The van der Waals surface area contributed by atoms with E-state index >= 15 is 0 Å². The Morgan fingerprint density at radius 2 is 1.72 bits per heavy atom. The molecule has 3 rings (SSSR count). The van der Waals surface area contributed by atoms with E-state index in [0.717, 1.165) is 6.07 Å². The van der Waals surface area contributed by atoms with Crippen molar-refractivity contribution in [3.05, 3.63) is 62.6 Å². The summed E-state index contributed by atoms with van der Waals surface area (Å²) in [5, 5.41) is 0.370. The van der Waals surface area contributed by atoms with Crippen LogP contribution < -0.4 is 0 Å². The minimum absolute atomic E-state index is 0.00714. The molecule has 1 unspecified atom stereocenters. The summed E-state index contributed by atoms with van der Waals surface area (Å²) in [7, 11) is -3.92. The number of benzene rings is 2. The van der Waals surface area contributed by atoms with E-state index in [1.54, 1.807) is 31.2 Å². The van der Waals surface area contributed by atoms with Gasteiger partial charge in [-0.05, 0) is 25.1 Å². The Morgan fingerprint density at radius 3 is 2.38 bits per heavy atom. The zero-order valence-corrected chi connectivity index (χ0v) is 18.5. The summed E-state index contributed by atoms with van der Waals surface area (Å²) in [6.45, 7) is 2.63. The highest BCUT2D eigenvalue weighted by Crippen LogP contribution is 2.33. The summed E-state index contributed by atoms with van der Waals surface area (Å²) in [6, 6.07) is 9.33. The average molecular weight is 479 g/mol. The van der Waals surface area contributed by atoms with E-state index in [9.17, 15) is 13.2 Å². The second kappa shape index (κ2) is 9.20. The average Bonchev–Trinajstić information content (AvgIpc) is 2.68. The Hall–Kier alpha value is -1.35. The molecule has 0 aliphatic carbocycles. The number of hydrogen-bond donors (Lipinski definition) is 0. The summed E-state index contributed by atoms with van der Waals surface area (Å²) < 4.78 is 37.8. The molecule has 29 heavy (non-hydrogen) atoms. The van der Waals surface area contributed by atoms with Crippen LogP contribution in [0.1, 0.15) is 28.9 Å². The SMILES string of the molecule is CC(OC(=O)c1cc(S(=O)(=O)N2CCOCC2)c(Cl)cc1Cl)c1ccccc1Cl. The highest BCUT2D eigenvalue weighted by Gasteiger charge is 2.30. The van der Waals surface area contributed by atoms with Gasteiger partial charge in [0.2, 0.25) is 10.0 Å². The van der Waals surface area contributed by atoms with Crippen molar-refractivity contribution in [3.8, 4) is 0 Å². The van der Waals surface area contributed by atoms with E-state index in [4.69, 9.17) is 44.3 Å². The third-order valence-corrected chi connectivity index (χ3v) is 7.48. The lowest BCUT2D eigenvalue weighted by Crippen LogP contribution is -2.40. The van der Waals surface area contributed by atoms with Gasteiger partial charge in [0.25, 0.3) is 0 Å². The molecule has 1 aliphatic heterocycles. The van der Waals surface area contributed by atoms with Gasteiger partial charge in [0, 0.05) is 23.7 Å². The number of hydrogen-bond acceptors (Lipinski definition) is 5. The highest BCUT2D eigenvalue weighted by molar-refractivity contribution is 7.89. The van der Waals surface area contributed by atoms with Gasteiger partial charge >= 0.3 is 5.97 Å². The Kier molecular flexibility index (Phi) is 7.09. The normalized spacial score (nSPS) is 16.4. The third kappa shape index (κ3) is 4.87. The number of carbonyl (C=O) groups excluding carboxylic acids is 1. The first-order chi connectivity index (χ1) is 13.7. The molecule has 0 aromatic heterocycles. The van der Waals surface area contributed by atoms with E-state index in [1.807, 2.05) is 0 Å². The fourth-order valence-electron chi connectivity index (χ4n) is 2.90. The molecule has 1 aliphatic rings. The molecular weight excluding hydrogens is 461 g/mol. The first-order valence-corrected chi connectivity index (χ1v) is 11.3. The smallest absolute Gasteiger partial charge is 0.340 e. The molecule has 1 saturated heterocycles. The fourth-order valence-corrected chi connectivity index (χ4v) is 5.42. The predicted octanol–water partition coefficient (Wildman–Crippen LogP) is 4.59. The first-order valence-electron chi connectivity index (χ1n) is 8.74. The van der Waals surface area contributed by atoms with Gasteiger partial charge in [-0.15, -0.1) is 0 Å². The molecule has 2 aromatic carbocycles. The monoisotopic (exact) mass is 477 g/mol. The van der Waals surface area contributed by atoms with Gasteiger partial charge in [-0.1, -0.05) is 53.0 Å². The van der Waals surface area contributed by atoms with Gasteiger partial charge in [-0.25, -0.2) is 13.2 Å². The first kappa shape index (κ1) is 22.3. The molecule has 0 saturated carbocycles. The standard InChI is InChI=1S/C19H18Cl3NO5S/c1-12(13-4-2-3-5-15(13)20)28-19(24)14-10-18(17(22)11-16(14)21)29(25,26)23-6-8-27-9-7-23/h2-5,10-12H,6-9H2,1H3. The highest BCUT2D eigenvalue weighted by atomic mass is 35.5. The lowest BCUT2D eigenvalue weighted by molar-refractivity contribution is 0.0338. The van der Waals surface area contributed by atoms with E-state index < -0.39 is 22.1 Å². The predicted molar refractivity (Wildman–Crippen MR) is 111 cm³/mol. The van der Waals surface area contributed by atoms with E-state index in [1.165, 1.54) is 10.4 Å². The molecule has 0 amide bonds. The molecule has 0 radical (unpaired) electrons. The molecule has 2 aromatic rings. The van der Waals surface area contributed by atoms with Gasteiger partial charge in [0.15, 0.2) is 0 Å². The van der Waals surface area contributed by atoms with Crippen LogP contribution >= 0.6 is 34.8 Å². The minimum atomic E-state index is -3.92. The van der Waals surface area contributed by atoms with Gasteiger partial charge in [-0.3, -0.25) is 0 Å². The molecule has 0 N–H and O–H groups in total. The van der Waals surface area contributed by atoms with Crippen LogP contribution in [0.25, 0.3) is 0 Å². The number of halogens is 3. The van der Waals surface area contributed by atoms with Crippen LogP contribution in [-0.2, 0) is 19.5 Å². The zero-order valence-electron chi connectivity index (χ0n) is 15.4. The summed E-state index contributed by atoms with van der Waals surface area (Å²) in [5.41, 5.74) is 0.524. The Labute approximate surface area is 184 Å². The lowest BCUT2D eigenvalue weighted by Gasteiger charge is -2.26. The van der Waals surface area contributed by atoms with Crippen LogP contribution in [0.4, 0.5) is 0 Å². The van der Waals surface area contributed by atoms with E-state index in [0.29, 0.717) is 10.6 Å². The summed E-state index contributed by atoms with van der Waals surface area (Å²) in [6.07, 6.45) is -0.665. The van der Waals surface area contributed by atoms with Crippen molar-refractivity contribution in [1.82, 2.24) is 4.31 Å². The summed E-state index contributed by atoms with van der Waals surface area (Å²) >= 11 is 18.4. The van der Waals surface area contributed by atoms with Crippen molar-refractivity contribution in [2.75, 3.05) is 26.3 Å². The van der Waals surface area contributed by atoms with Gasteiger partial charge < -0.3 is 9.47 Å².